The molecule has 118 valence electrons. The highest BCUT2D eigenvalue weighted by atomic mass is 32.2. The lowest BCUT2D eigenvalue weighted by Gasteiger charge is -2.25. The van der Waals surface area contributed by atoms with Gasteiger partial charge in [0.25, 0.3) is 0 Å². The van der Waals surface area contributed by atoms with Crippen LogP contribution in [0, 0.1) is 11.6 Å². The van der Waals surface area contributed by atoms with Gasteiger partial charge in [-0.25, -0.2) is 17.2 Å². The van der Waals surface area contributed by atoms with Crippen molar-refractivity contribution in [2.75, 3.05) is 19.6 Å². The fourth-order valence-electron chi connectivity index (χ4n) is 2.53. The van der Waals surface area contributed by atoms with Crippen LogP contribution in [0.2, 0.25) is 0 Å². The number of hydrogen-bond acceptors (Lipinski definition) is 3. The van der Waals surface area contributed by atoms with Crippen molar-refractivity contribution in [1.82, 2.24) is 9.62 Å². The highest BCUT2D eigenvalue weighted by Crippen LogP contribution is 2.22. The molecule has 1 N–H and O–H groups in total. The Morgan fingerprint density at radius 1 is 1.38 bits per heavy atom. The topological polar surface area (TPSA) is 49.4 Å². The molecule has 1 aromatic rings. The summed E-state index contributed by atoms with van der Waals surface area (Å²) in [6.45, 7) is 3.29. The zero-order chi connectivity index (χ0) is 15.5. The van der Waals surface area contributed by atoms with E-state index < -0.39 is 26.6 Å². The Labute approximate surface area is 124 Å². The summed E-state index contributed by atoms with van der Waals surface area (Å²) in [5, 5.41) is 3.22. The van der Waals surface area contributed by atoms with Gasteiger partial charge in [0.2, 0.25) is 10.0 Å². The highest BCUT2D eigenvalue weighted by Gasteiger charge is 2.30. The fourth-order valence-corrected chi connectivity index (χ4v) is 4.18. The predicted octanol–water partition coefficient (Wildman–Crippen LogP) is 2.12. The molecule has 21 heavy (non-hydrogen) atoms. The van der Waals surface area contributed by atoms with Crippen LogP contribution in [0.25, 0.3) is 0 Å². The van der Waals surface area contributed by atoms with Gasteiger partial charge in [-0.2, -0.15) is 4.31 Å². The second-order valence-corrected chi connectivity index (χ2v) is 7.14. The monoisotopic (exact) mass is 318 g/mol. The van der Waals surface area contributed by atoms with Crippen LogP contribution in [-0.4, -0.2) is 38.4 Å². The van der Waals surface area contributed by atoms with Gasteiger partial charge in [-0.3, -0.25) is 0 Å². The van der Waals surface area contributed by atoms with Crippen LogP contribution in [0.15, 0.2) is 23.1 Å². The molecule has 1 saturated heterocycles. The van der Waals surface area contributed by atoms with Crippen LogP contribution < -0.4 is 5.32 Å². The molecule has 7 heteroatoms. The minimum atomic E-state index is -4.03. The molecule has 1 unspecified atom stereocenters. The molecule has 0 saturated carbocycles. The average Bonchev–Trinajstić information content (AvgIpc) is 2.94. The Morgan fingerprint density at radius 2 is 2.14 bits per heavy atom. The van der Waals surface area contributed by atoms with E-state index in [0.29, 0.717) is 6.42 Å². The van der Waals surface area contributed by atoms with Crippen LogP contribution in [-0.2, 0) is 10.0 Å². The largest absolute Gasteiger partial charge is 0.313 e. The normalized spacial score (nSPS) is 19.3. The van der Waals surface area contributed by atoms with Crippen molar-refractivity contribution in [1.29, 1.82) is 0 Å². The van der Waals surface area contributed by atoms with E-state index in [-0.39, 0.29) is 19.1 Å². The Hall–Kier alpha value is -1.05. The van der Waals surface area contributed by atoms with Gasteiger partial charge in [0, 0.05) is 19.1 Å². The van der Waals surface area contributed by atoms with Crippen molar-refractivity contribution in [2.24, 2.45) is 0 Å². The Morgan fingerprint density at radius 3 is 2.76 bits per heavy atom. The predicted molar refractivity (Wildman–Crippen MR) is 76.4 cm³/mol. The molecule has 0 aromatic heterocycles. The second kappa shape index (κ2) is 6.81. The standard InChI is InChI=1S/C14H20F2N2O2S/c1-2-8-18(10-12-4-3-7-17-12)21(19,20)14-9-11(15)5-6-13(14)16/h5-6,9,12,17H,2-4,7-8,10H2,1H3. The maximum absolute atomic E-state index is 13.8. The summed E-state index contributed by atoms with van der Waals surface area (Å²) in [4.78, 5) is -0.589. The van der Waals surface area contributed by atoms with E-state index in [4.69, 9.17) is 0 Å². The second-order valence-electron chi connectivity index (χ2n) is 5.23. The Bertz CT molecular complexity index is 587. The first kappa shape index (κ1) is 16.3. The van der Waals surface area contributed by atoms with Crippen LogP contribution in [0.5, 0.6) is 0 Å². The van der Waals surface area contributed by atoms with Gasteiger partial charge in [0.05, 0.1) is 0 Å². The maximum atomic E-state index is 13.8. The molecule has 1 aromatic carbocycles. The van der Waals surface area contributed by atoms with Crippen LogP contribution in [0.1, 0.15) is 26.2 Å². The number of nitrogens with zero attached hydrogens (tertiary/aromatic N) is 1. The molecule has 0 aliphatic carbocycles. The Kier molecular flexibility index (Phi) is 5.29. The third kappa shape index (κ3) is 3.78. The van der Waals surface area contributed by atoms with E-state index >= 15 is 0 Å². The molecular formula is C14H20F2N2O2S. The van der Waals surface area contributed by atoms with Gasteiger partial charge in [-0.05, 0) is 44.0 Å². The molecule has 4 nitrogen and oxygen atoms in total. The molecule has 1 aliphatic rings. The first-order chi connectivity index (χ1) is 9.95. The van der Waals surface area contributed by atoms with Crippen molar-refractivity contribution in [3.8, 4) is 0 Å². The SMILES string of the molecule is CCCN(CC1CCCN1)S(=O)(=O)c1cc(F)ccc1F. The summed E-state index contributed by atoms with van der Waals surface area (Å²) in [5.41, 5.74) is 0. The third-order valence-corrected chi connectivity index (χ3v) is 5.45. The first-order valence-corrected chi connectivity index (χ1v) is 8.57. The summed E-state index contributed by atoms with van der Waals surface area (Å²) in [6, 6.07) is 2.58. The maximum Gasteiger partial charge on any atom is 0.246 e. The lowest BCUT2D eigenvalue weighted by Crippen LogP contribution is -2.41. The number of nitrogens with one attached hydrogen (secondary N) is 1. The van der Waals surface area contributed by atoms with E-state index in [2.05, 4.69) is 5.32 Å². The quantitative estimate of drug-likeness (QED) is 0.874. The fraction of sp³-hybridized carbons (Fsp3) is 0.571. The summed E-state index contributed by atoms with van der Waals surface area (Å²) in [5.74, 6) is -1.68. The smallest absolute Gasteiger partial charge is 0.246 e. The lowest BCUT2D eigenvalue weighted by atomic mass is 10.2. The minimum absolute atomic E-state index is 0.0722. The third-order valence-electron chi connectivity index (χ3n) is 3.57. The van der Waals surface area contributed by atoms with Crippen molar-refractivity contribution in [3.63, 3.8) is 0 Å². The van der Waals surface area contributed by atoms with E-state index in [0.717, 1.165) is 37.6 Å². The Balaban J connectivity index is 2.29. The highest BCUT2D eigenvalue weighted by molar-refractivity contribution is 7.89. The molecule has 1 aliphatic heterocycles. The van der Waals surface area contributed by atoms with Crippen LogP contribution in [0.3, 0.4) is 0 Å². The molecule has 0 amide bonds. The van der Waals surface area contributed by atoms with Gasteiger partial charge < -0.3 is 5.32 Å². The number of halogens is 2. The van der Waals surface area contributed by atoms with Gasteiger partial charge in [0.1, 0.15) is 16.5 Å². The number of benzene rings is 1. The van der Waals surface area contributed by atoms with Gasteiger partial charge in [-0.15, -0.1) is 0 Å². The molecule has 0 radical (unpaired) electrons. The van der Waals surface area contributed by atoms with E-state index in [9.17, 15) is 17.2 Å². The van der Waals surface area contributed by atoms with E-state index in [1.165, 1.54) is 4.31 Å². The summed E-state index contributed by atoms with van der Waals surface area (Å²) in [7, 11) is -4.03. The molecular weight excluding hydrogens is 298 g/mol. The zero-order valence-corrected chi connectivity index (χ0v) is 12.8. The number of rotatable bonds is 6. The minimum Gasteiger partial charge on any atom is -0.313 e. The molecule has 1 atom stereocenters. The van der Waals surface area contributed by atoms with Crippen LogP contribution in [0.4, 0.5) is 8.78 Å². The summed E-state index contributed by atoms with van der Waals surface area (Å²) in [6.07, 6.45) is 2.50. The lowest BCUT2D eigenvalue weighted by molar-refractivity contribution is 0.367. The van der Waals surface area contributed by atoms with Crippen molar-refractivity contribution >= 4 is 10.0 Å². The van der Waals surface area contributed by atoms with Crippen molar-refractivity contribution < 1.29 is 17.2 Å². The van der Waals surface area contributed by atoms with Crippen molar-refractivity contribution in [3.05, 3.63) is 29.8 Å². The average molecular weight is 318 g/mol. The summed E-state index contributed by atoms with van der Waals surface area (Å²) >= 11 is 0. The number of hydrogen-bond donors (Lipinski definition) is 1. The van der Waals surface area contributed by atoms with E-state index in [1.54, 1.807) is 0 Å². The van der Waals surface area contributed by atoms with Gasteiger partial charge in [0.15, 0.2) is 0 Å². The van der Waals surface area contributed by atoms with Gasteiger partial charge >= 0.3 is 0 Å². The van der Waals surface area contributed by atoms with Crippen LogP contribution >= 0.6 is 0 Å². The molecule has 1 fully saturated rings. The first-order valence-electron chi connectivity index (χ1n) is 7.13. The van der Waals surface area contributed by atoms with Gasteiger partial charge in [-0.1, -0.05) is 6.92 Å². The molecule has 2 rings (SSSR count). The summed E-state index contributed by atoms with van der Waals surface area (Å²) < 4.78 is 53.5. The molecule has 0 spiro atoms. The number of sulfonamides is 1. The van der Waals surface area contributed by atoms with E-state index in [1.807, 2.05) is 6.92 Å². The molecule has 1 heterocycles. The molecule has 0 bridgehead atoms. The van der Waals surface area contributed by atoms with Crippen molar-refractivity contribution in [2.45, 2.75) is 37.1 Å². The zero-order valence-electron chi connectivity index (χ0n) is 12.0.